The fraction of sp³-hybridized carbons (Fsp3) is 0.0625. The number of primary sulfonamides is 1. The summed E-state index contributed by atoms with van der Waals surface area (Å²) in [5, 5.41) is 7.99. The Balaban J connectivity index is 2.28. The van der Waals surface area contributed by atoms with E-state index in [1.165, 1.54) is 12.1 Å². The zero-order valence-electron chi connectivity index (χ0n) is 13.4. The first kappa shape index (κ1) is 21.0. The topological polar surface area (TPSA) is 86.2 Å². The van der Waals surface area contributed by atoms with Crippen LogP contribution >= 0.6 is 31.9 Å². The van der Waals surface area contributed by atoms with Crippen molar-refractivity contribution in [1.29, 1.82) is 0 Å². The van der Waals surface area contributed by atoms with Crippen LogP contribution in [0.5, 0.6) is 0 Å². The quantitative estimate of drug-likeness (QED) is 0.452. The van der Waals surface area contributed by atoms with Gasteiger partial charge in [0.2, 0.25) is 10.0 Å². The number of aromatic nitrogens is 1. The number of nitrogens with two attached hydrogens (primary N) is 1. The largest absolute Gasteiger partial charge is 0.437 e. The number of hydrogen-bond acceptors (Lipinski definition) is 4. The first-order valence-electron chi connectivity index (χ1n) is 7.24. The first-order valence-corrected chi connectivity index (χ1v) is 10.4. The van der Waals surface area contributed by atoms with Crippen molar-refractivity contribution in [3.05, 3.63) is 56.9 Å². The predicted octanol–water partition coefficient (Wildman–Crippen LogP) is 5.34. The summed E-state index contributed by atoms with van der Waals surface area (Å²) in [5.41, 5.74) is -1.93. The van der Waals surface area contributed by atoms with Crippen LogP contribution in [-0.4, -0.2) is 13.6 Å². The number of hydrogen-bond donors (Lipinski definition) is 1. The molecule has 28 heavy (non-hydrogen) atoms. The van der Waals surface area contributed by atoms with Crippen LogP contribution in [0.4, 0.5) is 17.6 Å². The molecule has 0 unspecified atom stereocenters. The van der Waals surface area contributed by atoms with Crippen molar-refractivity contribution in [3.63, 3.8) is 0 Å². The minimum absolute atomic E-state index is 0.240. The molecule has 148 valence electrons. The van der Waals surface area contributed by atoms with Crippen molar-refractivity contribution in [2.45, 2.75) is 11.1 Å². The molecule has 0 amide bonds. The molecule has 12 heteroatoms. The average molecular weight is 544 g/mol. The van der Waals surface area contributed by atoms with E-state index < -0.39 is 38.2 Å². The van der Waals surface area contributed by atoms with Crippen LogP contribution in [0.15, 0.2) is 54.8 Å². The highest BCUT2D eigenvalue weighted by molar-refractivity contribution is 9.13. The van der Waals surface area contributed by atoms with Crippen LogP contribution < -0.4 is 5.14 Å². The fourth-order valence-electron chi connectivity index (χ4n) is 2.47. The van der Waals surface area contributed by atoms with Gasteiger partial charge in [0.1, 0.15) is 10.7 Å². The minimum Gasteiger partial charge on any atom is -0.355 e. The summed E-state index contributed by atoms with van der Waals surface area (Å²) in [4.78, 5) is -0.839. The Kier molecular flexibility index (Phi) is 5.42. The van der Waals surface area contributed by atoms with Gasteiger partial charge in [-0.25, -0.2) is 17.9 Å². The minimum atomic E-state index is -4.89. The van der Waals surface area contributed by atoms with Crippen LogP contribution in [0.3, 0.4) is 0 Å². The molecule has 2 aromatic carbocycles. The van der Waals surface area contributed by atoms with Gasteiger partial charge in [0.25, 0.3) is 0 Å². The number of halogens is 6. The normalized spacial score (nSPS) is 12.4. The summed E-state index contributed by atoms with van der Waals surface area (Å²) in [6.07, 6.45) is -4.89. The van der Waals surface area contributed by atoms with Crippen LogP contribution in [0.25, 0.3) is 22.5 Å². The van der Waals surface area contributed by atoms with Crippen molar-refractivity contribution in [2.75, 3.05) is 0 Å². The third-order valence-corrected chi connectivity index (χ3v) is 6.49. The number of alkyl halides is 3. The lowest BCUT2D eigenvalue weighted by atomic mass is 9.99. The van der Waals surface area contributed by atoms with Crippen molar-refractivity contribution in [2.24, 2.45) is 5.14 Å². The lowest BCUT2D eigenvalue weighted by Crippen LogP contribution is -2.14. The molecule has 0 aliphatic rings. The molecule has 3 aromatic rings. The standard InChI is InChI=1S/C16H8Br2F4N2O3S/c17-9-3-1-8(5-10(9)18)14-13(15(24-27-14)16(20,21)22)7-2-4-12(11(19)6-7)28(23,25)26/h1-6H,(H2,23,25,26). The Labute approximate surface area is 172 Å². The molecule has 0 aliphatic heterocycles. The molecule has 2 N–H and O–H groups in total. The number of nitrogens with zero attached hydrogens (tertiary/aromatic N) is 1. The lowest BCUT2D eigenvalue weighted by Gasteiger charge is -2.09. The maximum atomic E-state index is 14.2. The van der Waals surface area contributed by atoms with Crippen LogP contribution in [0.1, 0.15) is 5.69 Å². The third kappa shape index (κ3) is 4.00. The van der Waals surface area contributed by atoms with E-state index in [1.54, 1.807) is 6.07 Å². The number of benzene rings is 2. The predicted molar refractivity (Wildman–Crippen MR) is 99.1 cm³/mol. The molecule has 0 saturated heterocycles. The van der Waals surface area contributed by atoms with E-state index in [0.29, 0.717) is 15.0 Å². The Bertz CT molecular complexity index is 1180. The lowest BCUT2D eigenvalue weighted by molar-refractivity contribution is -0.142. The van der Waals surface area contributed by atoms with Crippen LogP contribution in [0.2, 0.25) is 0 Å². The molecule has 0 atom stereocenters. The molecule has 0 fully saturated rings. The smallest absolute Gasteiger partial charge is 0.355 e. The second-order valence-electron chi connectivity index (χ2n) is 5.55. The molecule has 1 heterocycles. The second-order valence-corrected chi connectivity index (χ2v) is 8.79. The summed E-state index contributed by atoms with van der Waals surface area (Å²) < 4.78 is 83.3. The van der Waals surface area contributed by atoms with Crippen molar-refractivity contribution >= 4 is 41.9 Å². The van der Waals surface area contributed by atoms with Gasteiger partial charge in [-0.15, -0.1) is 0 Å². The Morgan fingerprint density at radius 2 is 1.64 bits per heavy atom. The van der Waals surface area contributed by atoms with E-state index in [-0.39, 0.29) is 16.9 Å². The van der Waals surface area contributed by atoms with Crippen molar-refractivity contribution < 1.29 is 30.5 Å². The van der Waals surface area contributed by atoms with Crippen LogP contribution in [0, 0.1) is 5.82 Å². The van der Waals surface area contributed by atoms with E-state index in [9.17, 15) is 26.0 Å². The highest BCUT2D eigenvalue weighted by Crippen LogP contribution is 2.43. The SMILES string of the molecule is NS(=O)(=O)c1ccc(-c2c(C(F)(F)F)noc2-c2ccc(Br)c(Br)c2)cc1F. The van der Waals surface area contributed by atoms with Gasteiger partial charge in [0.05, 0.1) is 5.56 Å². The molecular weight excluding hydrogens is 536 g/mol. The summed E-state index contributed by atoms with van der Waals surface area (Å²) in [6.45, 7) is 0. The molecule has 0 radical (unpaired) electrons. The summed E-state index contributed by atoms with van der Waals surface area (Å²) >= 11 is 6.49. The Morgan fingerprint density at radius 3 is 2.18 bits per heavy atom. The zero-order valence-corrected chi connectivity index (χ0v) is 17.4. The Hall–Kier alpha value is -1.76. The molecule has 1 aromatic heterocycles. The summed E-state index contributed by atoms with van der Waals surface area (Å²) in [6, 6.07) is 6.97. The number of rotatable bonds is 3. The number of sulfonamides is 1. The monoisotopic (exact) mass is 542 g/mol. The van der Waals surface area contributed by atoms with Gasteiger partial charge in [-0.3, -0.25) is 0 Å². The van der Waals surface area contributed by atoms with Crippen LogP contribution in [-0.2, 0) is 16.2 Å². The van der Waals surface area contributed by atoms with Gasteiger partial charge in [-0.1, -0.05) is 11.2 Å². The molecular formula is C16H8Br2F4N2O3S. The van der Waals surface area contributed by atoms with E-state index >= 15 is 0 Å². The molecule has 3 rings (SSSR count). The van der Waals surface area contributed by atoms with E-state index in [2.05, 4.69) is 37.0 Å². The van der Waals surface area contributed by atoms with Gasteiger partial charge in [0, 0.05) is 14.5 Å². The van der Waals surface area contributed by atoms with Crippen molar-refractivity contribution in [1.82, 2.24) is 5.16 Å². The highest BCUT2D eigenvalue weighted by atomic mass is 79.9. The van der Waals surface area contributed by atoms with Crippen molar-refractivity contribution in [3.8, 4) is 22.5 Å². The summed E-state index contributed by atoms with van der Waals surface area (Å²) in [7, 11) is -4.38. The van der Waals surface area contributed by atoms with Gasteiger partial charge in [-0.05, 0) is 67.8 Å². The average Bonchev–Trinajstić information content (AvgIpc) is 3.01. The van der Waals surface area contributed by atoms with Gasteiger partial charge < -0.3 is 4.52 Å². The molecule has 0 saturated carbocycles. The van der Waals surface area contributed by atoms with Gasteiger partial charge in [0.15, 0.2) is 11.5 Å². The zero-order chi connectivity index (χ0) is 20.9. The first-order chi connectivity index (χ1) is 12.9. The highest BCUT2D eigenvalue weighted by Gasteiger charge is 2.40. The fourth-order valence-corrected chi connectivity index (χ4v) is 3.69. The van der Waals surface area contributed by atoms with E-state index in [1.807, 2.05) is 0 Å². The molecule has 5 nitrogen and oxygen atoms in total. The molecule has 0 aliphatic carbocycles. The van der Waals surface area contributed by atoms with Gasteiger partial charge in [-0.2, -0.15) is 13.2 Å². The molecule has 0 bridgehead atoms. The van der Waals surface area contributed by atoms with Gasteiger partial charge >= 0.3 is 6.18 Å². The maximum Gasteiger partial charge on any atom is 0.437 e. The van der Waals surface area contributed by atoms with E-state index in [4.69, 9.17) is 9.66 Å². The van der Waals surface area contributed by atoms with E-state index in [0.717, 1.165) is 12.1 Å². The third-order valence-electron chi connectivity index (χ3n) is 3.67. The Morgan fingerprint density at radius 1 is 1.00 bits per heavy atom. The second kappa shape index (κ2) is 7.25. The molecule has 0 spiro atoms. The summed E-state index contributed by atoms with van der Waals surface area (Å²) in [5.74, 6) is -1.56. The maximum absolute atomic E-state index is 14.2.